The molecular formula is C25H26FN5O2. The molecule has 7 nitrogen and oxygen atoms in total. The van der Waals surface area contributed by atoms with Gasteiger partial charge in [0.05, 0.1) is 5.69 Å². The van der Waals surface area contributed by atoms with E-state index in [2.05, 4.69) is 34.5 Å². The van der Waals surface area contributed by atoms with Crippen LogP contribution in [0.15, 0.2) is 59.0 Å². The highest BCUT2D eigenvalue weighted by Gasteiger charge is 2.17. The molecular weight excluding hydrogens is 421 g/mol. The van der Waals surface area contributed by atoms with Crippen molar-refractivity contribution in [2.75, 3.05) is 6.54 Å². The monoisotopic (exact) mass is 447 g/mol. The fraction of sp³-hybridized carbons (Fsp3) is 0.280. The Bertz CT molecular complexity index is 1240. The van der Waals surface area contributed by atoms with Crippen molar-refractivity contribution in [3.05, 3.63) is 83.1 Å². The van der Waals surface area contributed by atoms with E-state index in [-0.39, 0.29) is 11.7 Å². The first-order valence-electron chi connectivity index (χ1n) is 10.9. The number of aryl methyl sites for hydroxylation is 1. The second-order valence-electron chi connectivity index (χ2n) is 8.34. The maximum absolute atomic E-state index is 13.0. The molecule has 0 saturated carbocycles. The van der Waals surface area contributed by atoms with Crippen LogP contribution in [0, 0.1) is 18.7 Å². The van der Waals surface area contributed by atoms with Gasteiger partial charge in [-0.3, -0.25) is 4.79 Å². The highest BCUT2D eigenvalue weighted by atomic mass is 19.1. The smallest absolute Gasteiger partial charge is 0.268 e. The van der Waals surface area contributed by atoms with Gasteiger partial charge in [-0.25, -0.2) is 9.07 Å². The molecule has 4 aromatic rings. The van der Waals surface area contributed by atoms with Gasteiger partial charge in [0, 0.05) is 24.7 Å². The van der Waals surface area contributed by atoms with Crippen molar-refractivity contribution in [1.82, 2.24) is 25.3 Å². The molecule has 0 bridgehead atoms. The van der Waals surface area contributed by atoms with Gasteiger partial charge in [-0.15, -0.1) is 10.2 Å². The zero-order valence-electron chi connectivity index (χ0n) is 18.9. The van der Waals surface area contributed by atoms with Crippen LogP contribution in [0.3, 0.4) is 0 Å². The number of nitrogens with one attached hydrogen (secondary N) is 1. The van der Waals surface area contributed by atoms with E-state index in [4.69, 9.17) is 4.42 Å². The van der Waals surface area contributed by atoms with E-state index in [0.717, 1.165) is 23.4 Å². The van der Waals surface area contributed by atoms with Crippen LogP contribution < -0.4 is 5.32 Å². The second kappa shape index (κ2) is 9.77. The minimum atomic E-state index is -0.271. The van der Waals surface area contributed by atoms with E-state index < -0.39 is 0 Å². The van der Waals surface area contributed by atoms with E-state index in [9.17, 15) is 9.18 Å². The Morgan fingerprint density at radius 3 is 2.61 bits per heavy atom. The summed E-state index contributed by atoms with van der Waals surface area (Å²) in [5.41, 5.74) is 3.86. The molecule has 0 aliphatic rings. The summed E-state index contributed by atoms with van der Waals surface area (Å²) in [6, 6.07) is 15.6. The van der Waals surface area contributed by atoms with Crippen LogP contribution >= 0.6 is 0 Å². The van der Waals surface area contributed by atoms with Crippen LogP contribution in [-0.2, 0) is 12.8 Å². The predicted molar refractivity (Wildman–Crippen MR) is 123 cm³/mol. The number of aromatic nitrogens is 4. The first-order valence-corrected chi connectivity index (χ1v) is 10.9. The van der Waals surface area contributed by atoms with E-state index in [1.807, 2.05) is 28.9 Å². The number of nitrogens with zero attached hydrogens (tertiary/aromatic N) is 4. The molecule has 2 aromatic heterocycles. The van der Waals surface area contributed by atoms with Crippen molar-refractivity contribution < 1.29 is 13.6 Å². The third-order valence-corrected chi connectivity index (χ3v) is 5.11. The van der Waals surface area contributed by atoms with E-state index >= 15 is 0 Å². The van der Waals surface area contributed by atoms with Crippen molar-refractivity contribution in [3.8, 4) is 17.3 Å². The molecule has 0 radical (unpaired) electrons. The van der Waals surface area contributed by atoms with Crippen LogP contribution in [0.5, 0.6) is 0 Å². The number of hydrogen-bond donors (Lipinski definition) is 1. The number of benzene rings is 2. The molecule has 0 saturated heterocycles. The Balaban J connectivity index is 1.53. The number of amides is 1. The minimum absolute atomic E-state index is 0.177. The third-order valence-electron chi connectivity index (χ3n) is 5.11. The molecule has 0 fully saturated rings. The molecule has 0 spiro atoms. The quantitative estimate of drug-likeness (QED) is 0.429. The summed E-state index contributed by atoms with van der Waals surface area (Å²) in [7, 11) is 0. The van der Waals surface area contributed by atoms with Gasteiger partial charge in [-0.2, -0.15) is 5.10 Å². The maximum Gasteiger partial charge on any atom is 0.268 e. The van der Waals surface area contributed by atoms with Gasteiger partial charge < -0.3 is 9.73 Å². The lowest BCUT2D eigenvalue weighted by atomic mass is 10.1. The van der Waals surface area contributed by atoms with Gasteiger partial charge in [0.15, 0.2) is 0 Å². The summed E-state index contributed by atoms with van der Waals surface area (Å²) in [5.74, 6) is 0.808. The van der Waals surface area contributed by atoms with Gasteiger partial charge in [0.1, 0.15) is 11.5 Å². The summed E-state index contributed by atoms with van der Waals surface area (Å²) in [6.07, 6.45) is 1.42. The van der Waals surface area contributed by atoms with Gasteiger partial charge in [-0.1, -0.05) is 32.0 Å². The van der Waals surface area contributed by atoms with E-state index in [1.165, 1.54) is 12.1 Å². The average molecular weight is 448 g/mol. The van der Waals surface area contributed by atoms with Crippen molar-refractivity contribution in [1.29, 1.82) is 0 Å². The summed E-state index contributed by atoms with van der Waals surface area (Å²) >= 11 is 0. The number of halogens is 1. The number of carbonyl (C=O) groups is 1. The fourth-order valence-electron chi connectivity index (χ4n) is 3.56. The average Bonchev–Trinajstić information content (AvgIpc) is 3.41. The maximum atomic E-state index is 13.0. The van der Waals surface area contributed by atoms with Gasteiger partial charge in [0.25, 0.3) is 11.8 Å². The summed E-state index contributed by atoms with van der Waals surface area (Å²) in [4.78, 5) is 12.7. The van der Waals surface area contributed by atoms with Crippen molar-refractivity contribution in [2.24, 2.45) is 5.92 Å². The summed E-state index contributed by atoms with van der Waals surface area (Å²) < 4.78 is 20.4. The molecule has 4 rings (SSSR count). The zero-order chi connectivity index (χ0) is 23.4. The van der Waals surface area contributed by atoms with Crippen LogP contribution in [0.1, 0.15) is 41.4 Å². The Kier molecular flexibility index (Phi) is 6.63. The highest BCUT2D eigenvalue weighted by molar-refractivity contribution is 5.94. The second-order valence-corrected chi connectivity index (χ2v) is 8.34. The Labute approximate surface area is 191 Å². The standard InChI is InChI=1S/C25H26FN5O2/c1-16(2)13-22-15-23(25-29-28-17(3)33-25)30-31(22)21-6-4-5-19(14-21)24(32)27-12-11-18-7-9-20(26)10-8-18/h4-10,14-16H,11-13H2,1-3H3,(H,27,32). The molecule has 1 amide bonds. The van der Waals surface area contributed by atoms with E-state index in [1.54, 1.807) is 25.1 Å². The van der Waals surface area contributed by atoms with E-state index in [0.29, 0.717) is 41.9 Å². The molecule has 0 aliphatic carbocycles. The summed E-state index contributed by atoms with van der Waals surface area (Å²) in [6.45, 7) is 6.47. The molecule has 1 N–H and O–H groups in total. The van der Waals surface area contributed by atoms with Gasteiger partial charge >= 0.3 is 0 Å². The molecule has 0 aliphatic heterocycles. The molecule has 8 heteroatoms. The van der Waals surface area contributed by atoms with Gasteiger partial charge in [0.2, 0.25) is 5.89 Å². The molecule has 0 unspecified atom stereocenters. The van der Waals surface area contributed by atoms with Crippen molar-refractivity contribution >= 4 is 5.91 Å². The molecule has 33 heavy (non-hydrogen) atoms. The third kappa shape index (κ3) is 5.52. The number of hydrogen-bond acceptors (Lipinski definition) is 5. The first-order chi connectivity index (χ1) is 15.9. The Morgan fingerprint density at radius 2 is 1.91 bits per heavy atom. The SMILES string of the molecule is Cc1nnc(-c2cc(CC(C)C)n(-c3cccc(C(=O)NCCc4ccc(F)cc4)c3)n2)o1. The molecule has 2 aromatic carbocycles. The molecule has 2 heterocycles. The van der Waals surface area contributed by atoms with Gasteiger partial charge in [-0.05, 0) is 60.7 Å². The molecule has 0 atom stereocenters. The summed E-state index contributed by atoms with van der Waals surface area (Å²) in [5, 5.41) is 15.6. The fourth-order valence-corrected chi connectivity index (χ4v) is 3.56. The lowest BCUT2D eigenvalue weighted by Gasteiger charge is -2.11. The van der Waals surface area contributed by atoms with Crippen LogP contribution in [-0.4, -0.2) is 32.4 Å². The zero-order valence-corrected chi connectivity index (χ0v) is 18.9. The largest absolute Gasteiger partial charge is 0.420 e. The van der Waals surface area contributed by atoms with Crippen molar-refractivity contribution in [2.45, 2.75) is 33.6 Å². The lowest BCUT2D eigenvalue weighted by Crippen LogP contribution is -2.25. The number of carbonyl (C=O) groups excluding carboxylic acids is 1. The lowest BCUT2D eigenvalue weighted by molar-refractivity contribution is 0.0954. The minimum Gasteiger partial charge on any atom is -0.420 e. The Hall–Kier alpha value is -3.81. The highest BCUT2D eigenvalue weighted by Crippen LogP contribution is 2.23. The number of rotatable bonds is 8. The predicted octanol–water partition coefficient (Wildman–Crippen LogP) is 4.54. The normalized spacial score (nSPS) is 11.2. The molecule has 170 valence electrons. The Morgan fingerprint density at radius 1 is 1.12 bits per heavy atom. The van der Waals surface area contributed by atoms with Crippen LogP contribution in [0.25, 0.3) is 17.3 Å². The van der Waals surface area contributed by atoms with Crippen LogP contribution in [0.2, 0.25) is 0 Å². The topological polar surface area (TPSA) is 85.8 Å². The van der Waals surface area contributed by atoms with Crippen molar-refractivity contribution in [3.63, 3.8) is 0 Å². The van der Waals surface area contributed by atoms with Crippen LogP contribution in [0.4, 0.5) is 4.39 Å². The first kappa shape index (κ1) is 22.4.